The maximum absolute atomic E-state index is 5.76. The first kappa shape index (κ1) is 15.9. The fraction of sp³-hybridized carbons (Fsp3) is 0.353. The lowest BCUT2D eigenvalue weighted by atomic mass is 10.2. The van der Waals surface area contributed by atoms with E-state index in [4.69, 9.17) is 9.15 Å². The van der Waals surface area contributed by atoms with Gasteiger partial charge in [-0.25, -0.2) is 0 Å². The Morgan fingerprint density at radius 3 is 2.77 bits per heavy atom. The largest absolute Gasteiger partial charge is 0.493 e. The predicted molar refractivity (Wildman–Crippen MR) is 88.2 cm³/mol. The molecule has 118 valence electrons. The van der Waals surface area contributed by atoms with E-state index in [0.29, 0.717) is 13.2 Å². The number of furan rings is 1. The standard InChI is InChI=1S/C17H23N3O2/c1-14-7-3-4-9-16(14)22-12-6-10-19-17(18-2)20-13-15-8-5-11-21-15/h3-5,7-9,11H,6,10,12-13H2,1-2H3,(H2,18,19,20). The molecular formula is C17H23N3O2. The minimum absolute atomic E-state index is 0.617. The van der Waals surface area contributed by atoms with Gasteiger partial charge in [0.05, 0.1) is 19.4 Å². The Labute approximate surface area is 131 Å². The molecule has 5 nitrogen and oxygen atoms in total. The SMILES string of the molecule is CN=C(NCCCOc1ccccc1C)NCc1ccco1. The van der Waals surface area contributed by atoms with Crippen LogP contribution in [0.4, 0.5) is 0 Å². The minimum atomic E-state index is 0.617. The molecule has 1 aromatic carbocycles. The Kier molecular flexibility index (Phi) is 6.36. The molecule has 0 aliphatic rings. The number of hydrogen-bond acceptors (Lipinski definition) is 3. The van der Waals surface area contributed by atoms with E-state index in [0.717, 1.165) is 36.0 Å². The van der Waals surface area contributed by atoms with Crippen molar-refractivity contribution in [3.63, 3.8) is 0 Å². The van der Waals surface area contributed by atoms with E-state index in [1.54, 1.807) is 13.3 Å². The van der Waals surface area contributed by atoms with Gasteiger partial charge in [-0.3, -0.25) is 4.99 Å². The van der Waals surface area contributed by atoms with Crippen molar-refractivity contribution >= 4 is 5.96 Å². The average Bonchev–Trinajstić information content (AvgIpc) is 3.05. The maximum atomic E-state index is 5.76. The van der Waals surface area contributed by atoms with Crippen molar-refractivity contribution in [3.05, 3.63) is 54.0 Å². The number of hydrogen-bond donors (Lipinski definition) is 2. The molecule has 22 heavy (non-hydrogen) atoms. The maximum Gasteiger partial charge on any atom is 0.191 e. The van der Waals surface area contributed by atoms with Gasteiger partial charge in [-0.05, 0) is 37.1 Å². The summed E-state index contributed by atoms with van der Waals surface area (Å²) >= 11 is 0. The van der Waals surface area contributed by atoms with Gasteiger partial charge >= 0.3 is 0 Å². The molecule has 0 radical (unpaired) electrons. The minimum Gasteiger partial charge on any atom is -0.493 e. The highest BCUT2D eigenvalue weighted by atomic mass is 16.5. The fourth-order valence-corrected chi connectivity index (χ4v) is 1.98. The number of nitrogens with zero attached hydrogens (tertiary/aromatic N) is 1. The first-order chi connectivity index (χ1) is 10.8. The molecule has 0 unspecified atom stereocenters. The van der Waals surface area contributed by atoms with Gasteiger partial charge in [0.25, 0.3) is 0 Å². The molecule has 5 heteroatoms. The molecule has 0 spiro atoms. The van der Waals surface area contributed by atoms with Crippen molar-refractivity contribution in [1.82, 2.24) is 10.6 Å². The second-order valence-corrected chi connectivity index (χ2v) is 4.90. The van der Waals surface area contributed by atoms with Gasteiger partial charge in [0.2, 0.25) is 0 Å². The Morgan fingerprint density at radius 1 is 1.18 bits per heavy atom. The number of ether oxygens (including phenoxy) is 1. The lowest BCUT2D eigenvalue weighted by Gasteiger charge is -2.12. The molecule has 1 heterocycles. The first-order valence-electron chi connectivity index (χ1n) is 7.45. The molecule has 0 saturated heterocycles. The highest BCUT2D eigenvalue weighted by molar-refractivity contribution is 5.79. The zero-order valence-electron chi connectivity index (χ0n) is 13.1. The summed E-state index contributed by atoms with van der Waals surface area (Å²) < 4.78 is 11.0. The summed E-state index contributed by atoms with van der Waals surface area (Å²) in [7, 11) is 1.75. The number of guanidine groups is 1. The third-order valence-electron chi connectivity index (χ3n) is 3.20. The quantitative estimate of drug-likeness (QED) is 0.469. The average molecular weight is 301 g/mol. The number of nitrogens with one attached hydrogen (secondary N) is 2. The molecule has 0 aliphatic carbocycles. The van der Waals surface area contributed by atoms with Crippen LogP contribution >= 0.6 is 0 Å². The monoisotopic (exact) mass is 301 g/mol. The lowest BCUT2D eigenvalue weighted by molar-refractivity contribution is 0.309. The van der Waals surface area contributed by atoms with Crippen molar-refractivity contribution in [2.24, 2.45) is 4.99 Å². The highest BCUT2D eigenvalue weighted by Gasteiger charge is 2.00. The number of aliphatic imine (C=N–C) groups is 1. The van der Waals surface area contributed by atoms with Crippen molar-refractivity contribution < 1.29 is 9.15 Å². The third kappa shape index (κ3) is 5.16. The van der Waals surface area contributed by atoms with Crippen LogP contribution in [-0.4, -0.2) is 26.2 Å². The number of para-hydroxylation sites is 1. The summed E-state index contributed by atoms with van der Waals surface area (Å²) in [6.07, 6.45) is 2.56. The van der Waals surface area contributed by atoms with Crippen LogP contribution in [0, 0.1) is 6.92 Å². The smallest absolute Gasteiger partial charge is 0.191 e. The van der Waals surface area contributed by atoms with Gasteiger partial charge in [0.1, 0.15) is 11.5 Å². The summed E-state index contributed by atoms with van der Waals surface area (Å²) in [5.74, 6) is 2.58. The summed E-state index contributed by atoms with van der Waals surface area (Å²) in [6, 6.07) is 11.8. The predicted octanol–water partition coefficient (Wildman–Crippen LogP) is 2.72. The van der Waals surface area contributed by atoms with Crippen molar-refractivity contribution in [2.75, 3.05) is 20.2 Å². The molecule has 2 aromatic rings. The molecule has 0 amide bonds. The molecule has 1 aromatic heterocycles. The topological polar surface area (TPSA) is 58.8 Å². The van der Waals surface area contributed by atoms with Gasteiger partial charge in [-0.2, -0.15) is 0 Å². The van der Waals surface area contributed by atoms with Gasteiger partial charge in [0.15, 0.2) is 5.96 Å². The van der Waals surface area contributed by atoms with Gasteiger partial charge in [-0.15, -0.1) is 0 Å². The van der Waals surface area contributed by atoms with Crippen LogP contribution in [0.2, 0.25) is 0 Å². The molecule has 0 bridgehead atoms. The van der Waals surface area contributed by atoms with E-state index in [2.05, 4.69) is 15.6 Å². The van der Waals surface area contributed by atoms with Crippen molar-refractivity contribution in [3.8, 4) is 5.75 Å². The van der Waals surface area contributed by atoms with Crippen LogP contribution in [0.5, 0.6) is 5.75 Å². The second-order valence-electron chi connectivity index (χ2n) is 4.90. The number of aryl methyl sites for hydroxylation is 1. The summed E-state index contributed by atoms with van der Waals surface area (Å²) in [5.41, 5.74) is 1.16. The molecule has 2 rings (SSSR count). The fourth-order valence-electron chi connectivity index (χ4n) is 1.98. The van der Waals surface area contributed by atoms with E-state index < -0.39 is 0 Å². The van der Waals surface area contributed by atoms with Gasteiger partial charge in [0, 0.05) is 13.6 Å². The van der Waals surface area contributed by atoms with E-state index in [1.165, 1.54) is 0 Å². The Hall–Kier alpha value is -2.43. The van der Waals surface area contributed by atoms with Crippen LogP contribution < -0.4 is 15.4 Å². The van der Waals surface area contributed by atoms with Gasteiger partial charge < -0.3 is 19.8 Å². The molecule has 0 saturated carbocycles. The molecule has 0 fully saturated rings. The van der Waals surface area contributed by atoms with E-state index in [1.807, 2.05) is 43.3 Å². The van der Waals surface area contributed by atoms with Crippen molar-refractivity contribution in [2.45, 2.75) is 19.9 Å². The normalized spacial score (nSPS) is 11.3. The van der Waals surface area contributed by atoms with E-state index >= 15 is 0 Å². The van der Waals surface area contributed by atoms with Crippen LogP contribution in [0.25, 0.3) is 0 Å². The van der Waals surface area contributed by atoms with Gasteiger partial charge in [-0.1, -0.05) is 18.2 Å². The number of rotatable bonds is 7. The Balaban J connectivity index is 1.61. The number of benzene rings is 1. The van der Waals surface area contributed by atoms with E-state index in [-0.39, 0.29) is 0 Å². The van der Waals surface area contributed by atoms with Crippen LogP contribution in [-0.2, 0) is 6.54 Å². The first-order valence-corrected chi connectivity index (χ1v) is 7.45. The van der Waals surface area contributed by atoms with E-state index in [9.17, 15) is 0 Å². The summed E-state index contributed by atoms with van der Waals surface area (Å²) in [6.45, 7) is 4.14. The zero-order chi connectivity index (χ0) is 15.6. The second kappa shape index (κ2) is 8.77. The molecule has 0 aliphatic heterocycles. The highest BCUT2D eigenvalue weighted by Crippen LogP contribution is 2.15. The molecule has 2 N–H and O–H groups in total. The Bertz CT molecular complexity index is 579. The zero-order valence-corrected chi connectivity index (χ0v) is 13.1. The van der Waals surface area contributed by atoms with Crippen molar-refractivity contribution in [1.29, 1.82) is 0 Å². The third-order valence-corrected chi connectivity index (χ3v) is 3.20. The van der Waals surface area contributed by atoms with Crippen LogP contribution in [0.1, 0.15) is 17.7 Å². The lowest BCUT2D eigenvalue weighted by Crippen LogP contribution is -2.37. The Morgan fingerprint density at radius 2 is 2.05 bits per heavy atom. The van der Waals surface area contributed by atoms with Crippen LogP contribution in [0.3, 0.4) is 0 Å². The molecular weight excluding hydrogens is 278 g/mol. The molecule has 0 atom stereocenters. The summed E-state index contributed by atoms with van der Waals surface area (Å²) in [5, 5.41) is 6.44. The van der Waals surface area contributed by atoms with Crippen LogP contribution in [0.15, 0.2) is 52.1 Å². The summed E-state index contributed by atoms with van der Waals surface area (Å²) in [4.78, 5) is 4.17.